The minimum Gasteiger partial charge on any atom is -0.354 e. The van der Waals surface area contributed by atoms with Crippen molar-refractivity contribution in [1.29, 1.82) is 0 Å². The highest BCUT2D eigenvalue weighted by Gasteiger charge is 2.12. The van der Waals surface area contributed by atoms with Crippen LogP contribution in [0.2, 0.25) is 0 Å². The molecule has 8 heteroatoms. The third-order valence-corrected chi connectivity index (χ3v) is 3.87. The summed E-state index contributed by atoms with van der Waals surface area (Å²) < 4.78 is 0. The zero-order valence-electron chi connectivity index (χ0n) is 14.5. The van der Waals surface area contributed by atoms with E-state index in [2.05, 4.69) is 19.9 Å². The van der Waals surface area contributed by atoms with Crippen molar-refractivity contribution in [1.82, 2.24) is 19.9 Å². The Hall–Kier alpha value is -3.42. The van der Waals surface area contributed by atoms with E-state index in [9.17, 15) is 10.1 Å². The summed E-state index contributed by atoms with van der Waals surface area (Å²) in [5.41, 5.74) is 2.51. The van der Waals surface area contributed by atoms with E-state index in [0.29, 0.717) is 12.4 Å². The summed E-state index contributed by atoms with van der Waals surface area (Å²) in [5.74, 6) is 1.30. The van der Waals surface area contributed by atoms with E-state index in [-0.39, 0.29) is 5.69 Å². The van der Waals surface area contributed by atoms with Gasteiger partial charge in [0.1, 0.15) is 5.82 Å². The van der Waals surface area contributed by atoms with Crippen molar-refractivity contribution >= 4 is 11.5 Å². The minimum absolute atomic E-state index is 0.0420. The Bertz CT molecular complexity index is 899. The number of nitrogens with zero attached hydrogens (tertiary/aromatic N) is 6. The van der Waals surface area contributed by atoms with Crippen LogP contribution >= 0.6 is 0 Å². The molecule has 0 amide bonds. The van der Waals surface area contributed by atoms with Gasteiger partial charge in [-0.05, 0) is 18.6 Å². The number of non-ortho nitro benzene ring substituents is 1. The van der Waals surface area contributed by atoms with Crippen LogP contribution in [0.25, 0.3) is 11.4 Å². The lowest BCUT2D eigenvalue weighted by molar-refractivity contribution is -0.384. The van der Waals surface area contributed by atoms with Gasteiger partial charge in [0.2, 0.25) is 0 Å². The third-order valence-electron chi connectivity index (χ3n) is 3.87. The number of rotatable bonds is 6. The van der Waals surface area contributed by atoms with Gasteiger partial charge in [-0.1, -0.05) is 6.92 Å². The Morgan fingerprint density at radius 2 is 1.88 bits per heavy atom. The lowest BCUT2D eigenvalue weighted by Crippen LogP contribution is -2.19. The fourth-order valence-corrected chi connectivity index (χ4v) is 2.46. The molecule has 1 aromatic carbocycles. The Balaban J connectivity index is 1.92. The first-order valence-electron chi connectivity index (χ1n) is 8.15. The predicted octanol–water partition coefficient (Wildman–Crippen LogP) is 3.04. The van der Waals surface area contributed by atoms with Crippen LogP contribution in [0.3, 0.4) is 0 Å². The van der Waals surface area contributed by atoms with Gasteiger partial charge in [-0.15, -0.1) is 0 Å². The molecule has 2 aromatic heterocycles. The fraction of sp³-hybridized carbons (Fsp3) is 0.222. The minimum atomic E-state index is -0.423. The number of aryl methyl sites for hydroxylation is 1. The van der Waals surface area contributed by atoms with Crippen molar-refractivity contribution in [3.63, 3.8) is 0 Å². The van der Waals surface area contributed by atoms with Gasteiger partial charge in [0.15, 0.2) is 5.82 Å². The summed E-state index contributed by atoms with van der Waals surface area (Å²) in [7, 11) is 1.93. The molecule has 8 nitrogen and oxygen atoms in total. The molecular formula is C18H18N6O2. The summed E-state index contributed by atoms with van der Waals surface area (Å²) in [5, 5.41) is 10.8. The van der Waals surface area contributed by atoms with Crippen molar-refractivity contribution in [2.24, 2.45) is 0 Å². The summed E-state index contributed by atoms with van der Waals surface area (Å²) >= 11 is 0. The highest BCUT2D eigenvalue weighted by molar-refractivity contribution is 5.59. The van der Waals surface area contributed by atoms with E-state index in [1.54, 1.807) is 30.7 Å². The van der Waals surface area contributed by atoms with E-state index >= 15 is 0 Å². The van der Waals surface area contributed by atoms with E-state index < -0.39 is 4.92 Å². The molecule has 3 rings (SSSR count). The first-order valence-corrected chi connectivity index (χ1v) is 8.15. The Labute approximate surface area is 150 Å². The summed E-state index contributed by atoms with van der Waals surface area (Å²) in [6.07, 6.45) is 5.77. The summed E-state index contributed by atoms with van der Waals surface area (Å²) in [6, 6.07) is 8.19. The number of anilines is 1. The number of hydrogen-bond acceptors (Lipinski definition) is 7. The third kappa shape index (κ3) is 3.97. The van der Waals surface area contributed by atoms with Crippen molar-refractivity contribution in [3.8, 4) is 11.4 Å². The molecule has 0 aliphatic rings. The molecular weight excluding hydrogens is 332 g/mol. The highest BCUT2D eigenvalue weighted by atomic mass is 16.6. The molecule has 0 fully saturated rings. The Morgan fingerprint density at radius 1 is 1.12 bits per heavy atom. The number of nitro benzene ring substituents is 1. The van der Waals surface area contributed by atoms with Crippen LogP contribution in [0.1, 0.15) is 18.3 Å². The van der Waals surface area contributed by atoms with Gasteiger partial charge in [-0.25, -0.2) is 9.97 Å². The van der Waals surface area contributed by atoms with Crippen molar-refractivity contribution < 1.29 is 4.92 Å². The largest absolute Gasteiger partial charge is 0.354 e. The van der Waals surface area contributed by atoms with Gasteiger partial charge in [0.25, 0.3) is 5.69 Å². The molecule has 0 saturated carbocycles. The maximum Gasteiger partial charge on any atom is 0.269 e. The van der Waals surface area contributed by atoms with Crippen LogP contribution in [0.5, 0.6) is 0 Å². The van der Waals surface area contributed by atoms with Gasteiger partial charge >= 0.3 is 0 Å². The molecule has 0 bridgehead atoms. The molecule has 2 heterocycles. The number of aromatic nitrogens is 4. The monoisotopic (exact) mass is 350 g/mol. The van der Waals surface area contributed by atoms with E-state index in [1.165, 1.54) is 12.1 Å². The predicted molar refractivity (Wildman–Crippen MR) is 97.6 cm³/mol. The normalized spacial score (nSPS) is 10.5. The summed E-state index contributed by atoms with van der Waals surface area (Å²) in [6.45, 7) is 2.59. The topological polar surface area (TPSA) is 97.9 Å². The fourth-order valence-electron chi connectivity index (χ4n) is 2.46. The molecule has 0 radical (unpaired) electrons. The second-order valence-electron chi connectivity index (χ2n) is 5.75. The average Bonchev–Trinajstić information content (AvgIpc) is 2.68. The van der Waals surface area contributed by atoms with Gasteiger partial charge in [-0.2, -0.15) is 0 Å². The van der Waals surface area contributed by atoms with Gasteiger partial charge < -0.3 is 4.90 Å². The van der Waals surface area contributed by atoms with Crippen molar-refractivity contribution in [2.75, 3.05) is 11.9 Å². The van der Waals surface area contributed by atoms with Gasteiger partial charge in [0.05, 0.1) is 23.4 Å². The lowest BCUT2D eigenvalue weighted by atomic mass is 10.2. The number of benzene rings is 1. The van der Waals surface area contributed by atoms with Crippen molar-refractivity contribution in [2.45, 2.75) is 19.9 Å². The Morgan fingerprint density at radius 3 is 2.50 bits per heavy atom. The molecule has 132 valence electrons. The van der Waals surface area contributed by atoms with Gasteiger partial charge in [0, 0.05) is 48.9 Å². The summed E-state index contributed by atoms with van der Waals surface area (Å²) in [4.78, 5) is 29.9. The van der Waals surface area contributed by atoms with Crippen LogP contribution < -0.4 is 4.90 Å². The lowest BCUT2D eigenvalue weighted by Gasteiger charge is -2.19. The van der Waals surface area contributed by atoms with E-state index in [0.717, 1.165) is 29.2 Å². The maximum absolute atomic E-state index is 10.8. The van der Waals surface area contributed by atoms with Gasteiger partial charge in [-0.3, -0.25) is 20.1 Å². The quantitative estimate of drug-likeness (QED) is 0.498. The number of nitro groups is 1. The molecule has 0 N–H and O–H groups in total. The van der Waals surface area contributed by atoms with Crippen LogP contribution in [0.4, 0.5) is 11.5 Å². The first-order chi connectivity index (χ1) is 12.6. The smallest absolute Gasteiger partial charge is 0.269 e. The SMILES string of the molecule is CCc1cc(N(C)Cc2cnccn2)nc(-c2ccc([N+](=O)[O-])cc2)n1. The molecule has 0 unspecified atom stereocenters. The van der Waals surface area contributed by atoms with Crippen LogP contribution in [0.15, 0.2) is 48.9 Å². The molecule has 0 spiro atoms. The maximum atomic E-state index is 10.8. The first kappa shape index (κ1) is 17.4. The second-order valence-corrected chi connectivity index (χ2v) is 5.75. The molecule has 3 aromatic rings. The van der Waals surface area contributed by atoms with Crippen LogP contribution in [0, 0.1) is 10.1 Å². The highest BCUT2D eigenvalue weighted by Crippen LogP contribution is 2.23. The Kier molecular flexibility index (Phi) is 5.12. The molecule has 0 atom stereocenters. The van der Waals surface area contributed by atoms with Crippen molar-refractivity contribution in [3.05, 3.63) is 70.4 Å². The zero-order valence-corrected chi connectivity index (χ0v) is 14.5. The average molecular weight is 350 g/mol. The molecule has 0 aliphatic carbocycles. The van der Waals surface area contributed by atoms with Crippen LogP contribution in [-0.4, -0.2) is 31.9 Å². The van der Waals surface area contributed by atoms with E-state index in [4.69, 9.17) is 0 Å². The standard InChI is InChI=1S/C18H18N6O2/c1-3-14-10-17(23(2)12-15-11-19-8-9-20-15)22-18(21-14)13-4-6-16(7-5-13)24(25)26/h4-11H,3,12H2,1-2H3. The molecule has 0 saturated heterocycles. The molecule has 0 aliphatic heterocycles. The number of hydrogen-bond donors (Lipinski definition) is 0. The van der Waals surface area contributed by atoms with E-state index in [1.807, 2.05) is 24.9 Å². The van der Waals surface area contributed by atoms with Crippen LogP contribution in [-0.2, 0) is 13.0 Å². The zero-order chi connectivity index (χ0) is 18.5. The second kappa shape index (κ2) is 7.64. The molecule has 26 heavy (non-hydrogen) atoms.